The van der Waals surface area contributed by atoms with Crippen molar-refractivity contribution in [1.82, 2.24) is 10.2 Å². The molecule has 0 spiro atoms. The Balaban J connectivity index is 2.26. The van der Waals surface area contributed by atoms with Gasteiger partial charge in [0, 0.05) is 12.1 Å². The van der Waals surface area contributed by atoms with Gasteiger partial charge in [0.25, 0.3) is 0 Å². The van der Waals surface area contributed by atoms with E-state index in [-0.39, 0.29) is 23.8 Å². The monoisotopic (exact) mass is 366 g/mol. The molecule has 0 unspecified atom stereocenters. The van der Waals surface area contributed by atoms with Crippen LogP contribution in [0.15, 0.2) is 60.7 Å². The molecule has 1 atom stereocenters. The molecule has 4 nitrogen and oxygen atoms in total. The van der Waals surface area contributed by atoms with E-state index < -0.39 is 6.04 Å². The summed E-state index contributed by atoms with van der Waals surface area (Å²) < 4.78 is 0. The second kappa shape index (κ2) is 9.36. The maximum absolute atomic E-state index is 13.1. The van der Waals surface area contributed by atoms with E-state index in [1.165, 1.54) is 0 Å². The van der Waals surface area contributed by atoms with Crippen LogP contribution in [0.25, 0.3) is 0 Å². The normalized spacial score (nSPS) is 12.3. The lowest BCUT2D eigenvalue weighted by Gasteiger charge is -2.33. The molecule has 0 aliphatic rings. The number of nitrogens with one attached hydrogen (secondary N) is 1. The molecule has 2 rings (SSSR count). The van der Waals surface area contributed by atoms with Crippen LogP contribution < -0.4 is 5.32 Å². The van der Waals surface area contributed by atoms with Crippen LogP contribution in [0.3, 0.4) is 0 Å². The summed E-state index contributed by atoms with van der Waals surface area (Å²) in [6, 6.07) is 19.0. The molecule has 0 aliphatic heterocycles. The maximum atomic E-state index is 13.1. The first kappa shape index (κ1) is 20.7. The predicted molar refractivity (Wildman–Crippen MR) is 109 cm³/mol. The van der Waals surface area contributed by atoms with Crippen LogP contribution in [0.1, 0.15) is 45.2 Å². The minimum Gasteiger partial charge on any atom is -0.350 e. The molecule has 1 N–H and O–H groups in total. The zero-order chi connectivity index (χ0) is 19.9. The van der Waals surface area contributed by atoms with Crippen molar-refractivity contribution >= 4 is 11.8 Å². The zero-order valence-corrected chi connectivity index (χ0v) is 16.7. The first-order chi connectivity index (χ1) is 12.8. The topological polar surface area (TPSA) is 49.4 Å². The molecule has 0 aromatic heterocycles. The Kier molecular flexibility index (Phi) is 7.17. The van der Waals surface area contributed by atoms with Crippen molar-refractivity contribution in [3.05, 3.63) is 71.8 Å². The number of hydrogen-bond acceptors (Lipinski definition) is 2. The number of nitrogens with zero attached hydrogens (tertiary/aromatic N) is 1. The predicted octanol–water partition coefficient (Wildman–Crippen LogP) is 3.95. The first-order valence-electron chi connectivity index (χ1n) is 9.49. The summed E-state index contributed by atoms with van der Waals surface area (Å²) in [5, 5.41) is 3.02. The van der Waals surface area contributed by atoms with Gasteiger partial charge in [-0.05, 0) is 38.3 Å². The molecule has 0 fully saturated rings. The highest BCUT2D eigenvalue weighted by atomic mass is 16.2. The lowest BCUT2D eigenvalue weighted by molar-refractivity contribution is -0.141. The van der Waals surface area contributed by atoms with Gasteiger partial charge in [-0.15, -0.1) is 0 Å². The van der Waals surface area contributed by atoms with Crippen molar-refractivity contribution in [3.63, 3.8) is 0 Å². The van der Waals surface area contributed by atoms with Gasteiger partial charge >= 0.3 is 0 Å². The quantitative estimate of drug-likeness (QED) is 0.806. The molecule has 2 aromatic rings. The average molecular weight is 367 g/mol. The number of carbonyl (C=O) groups excluding carboxylic acids is 2. The van der Waals surface area contributed by atoms with Gasteiger partial charge in [0.2, 0.25) is 11.8 Å². The van der Waals surface area contributed by atoms with Gasteiger partial charge < -0.3 is 10.2 Å². The van der Waals surface area contributed by atoms with Crippen molar-refractivity contribution in [2.24, 2.45) is 0 Å². The van der Waals surface area contributed by atoms with Gasteiger partial charge in [0.15, 0.2) is 0 Å². The Hall–Kier alpha value is -2.62. The minimum absolute atomic E-state index is 0.0408. The third-order valence-electron chi connectivity index (χ3n) is 4.28. The zero-order valence-electron chi connectivity index (χ0n) is 16.7. The lowest BCUT2D eigenvalue weighted by Crippen LogP contribution is -2.53. The number of amides is 2. The van der Waals surface area contributed by atoms with E-state index in [9.17, 15) is 9.59 Å². The van der Waals surface area contributed by atoms with Crippen LogP contribution in [0.4, 0.5) is 0 Å². The van der Waals surface area contributed by atoms with E-state index in [0.717, 1.165) is 11.1 Å². The van der Waals surface area contributed by atoms with Crippen LogP contribution in [-0.4, -0.2) is 28.3 Å². The smallest absolute Gasteiger partial charge is 0.243 e. The molecule has 0 aliphatic carbocycles. The van der Waals surface area contributed by atoms with Crippen molar-refractivity contribution in [2.75, 3.05) is 0 Å². The second-order valence-corrected chi connectivity index (χ2v) is 7.83. The summed E-state index contributed by atoms with van der Waals surface area (Å²) >= 11 is 0. The van der Waals surface area contributed by atoms with Crippen LogP contribution >= 0.6 is 0 Å². The molecule has 27 heavy (non-hydrogen) atoms. The van der Waals surface area contributed by atoms with Crippen LogP contribution in [0.2, 0.25) is 0 Å². The summed E-state index contributed by atoms with van der Waals surface area (Å²) in [6.45, 7) is 8.21. The van der Waals surface area contributed by atoms with Crippen LogP contribution in [-0.2, 0) is 22.6 Å². The number of carbonyl (C=O) groups is 2. The molecular formula is C23H30N2O2. The second-order valence-electron chi connectivity index (χ2n) is 7.83. The lowest BCUT2D eigenvalue weighted by atomic mass is 10.0. The van der Waals surface area contributed by atoms with Gasteiger partial charge in [0.1, 0.15) is 6.04 Å². The molecule has 0 heterocycles. The summed E-state index contributed by atoms with van der Waals surface area (Å²) in [4.78, 5) is 27.7. The average Bonchev–Trinajstić information content (AvgIpc) is 2.61. The third-order valence-corrected chi connectivity index (χ3v) is 4.28. The van der Waals surface area contributed by atoms with Crippen LogP contribution in [0, 0.1) is 0 Å². The van der Waals surface area contributed by atoms with E-state index >= 15 is 0 Å². The highest BCUT2D eigenvalue weighted by Crippen LogP contribution is 2.15. The first-order valence-corrected chi connectivity index (χ1v) is 9.49. The highest BCUT2D eigenvalue weighted by Gasteiger charge is 2.30. The molecule has 0 saturated heterocycles. The minimum atomic E-state index is -0.499. The van der Waals surface area contributed by atoms with E-state index in [4.69, 9.17) is 0 Å². The summed E-state index contributed by atoms with van der Waals surface area (Å²) in [6.07, 6.45) is 0.849. The molecule has 0 saturated carbocycles. The molecule has 0 bridgehead atoms. The highest BCUT2D eigenvalue weighted by molar-refractivity contribution is 5.88. The molecular weight excluding hydrogens is 336 g/mol. The van der Waals surface area contributed by atoms with Crippen molar-refractivity contribution in [3.8, 4) is 0 Å². The van der Waals surface area contributed by atoms with E-state index in [0.29, 0.717) is 13.0 Å². The number of hydrogen-bond donors (Lipinski definition) is 1. The largest absolute Gasteiger partial charge is 0.350 e. The molecule has 4 heteroatoms. The summed E-state index contributed by atoms with van der Waals surface area (Å²) in [7, 11) is 0. The fraction of sp³-hybridized carbons (Fsp3) is 0.391. The number of benzene rings is 2. The van der Waals surface area contributed by atoms with Crippen molar-refractivity contribution in [1.29, 1.82) is 0 Å². The van der Waals surface area contributed by atoms with E-state index in [2.05, 4.69) is 5.32 Å². The van der Waals surface area contributed by atoms with Crippen LogP contribution in [0.5, 0.6) is 0 Å². The Bertz CT molecular complexity index is 736. The van der Waals surface area contributed by atoms with Gasteiger partial charge in [-0.1, -0.05) is 67.6 Å². The fourth-order valence-electron chi connectivity index (χ4n) is 3.02. The molecule has 0 radical (unpaired) electrons. The Morgan fingerprint density at radius 2 is 1.44 bits per heavy atom. The number of rotatable bonds is 7. The van der Waals surface area contributed by atoms with E-state index in [1.807, 2.05) is 88.4 Å². The summed E-state index contributed by atoms with van der Waals surface area (Å²) in [5.41, 5.74) is 1.62. The third kappa shape index (κ3) is 6.55. The fourth-order valence-corrected chi connectivity index (χ4v) is 3.02. The molecule has 2 amide bonds. The van der Waals surface area contributed by atoms with Gasteiger partial charge in [-0.25, -0.2) is 0 Å². The SMILES string of the molecule is CC[C@@H](C(=O)NC(C)(C)C)N(Cc1ccccc1)C(=O)Cc1ccccc1. The Labute approximate surface area is 162 Å². The molecule has 2 aromatic carbocycles. The Morgan fingerprint density at radius 3 is 1.93 bits per heavy atom. The van der Waals surface area contributed by atoms with Gasteiger partial charge in [-0.2, -0.15) is 0 Å². The van der Waals surface area contributed by atoms with E-state index in [1.54, 1.807) is 4.90 Å². The Morgan fingerprint density at radius 1 is 0.926 bits per heavy atom. The standard InChI is InChI=1S/C23H30N2O2/c1-5-20(22(27)24-23(2,3)4)25(17-19-14-10-7-11-15-19)21(26)16-18-12-8-6-9-13-18/h6-15,20H,5,16-17H2,1-4H3,(H,24,27)/t20-/m0/s1. The van der Waals surface area contributed by atoms with Crippen molar-refractivity contribution in [2.45, 2.75) is 58.7 Å². The van der Waals surface area contributed by atoms with Gasteiger partial charge in [-0.3, -0.25) is 9.59 Å². The molecule has 144 valence electrons. The van der Waals surface area contributed by atoms with Gasteiger partial charge in [0.05, 0.1) is 6.42 Å². The van der Waals surface area contributed by atoms with Crippen molar-refractivity contribution < 1.29 is 9.59 Å². The maximum Gasteiger partial charge on any atom is 0.243 e. The summed E-state index contributed by atoms with van der Waals surface area (Å²) in [5.74, 6) is -0.150.